The summed E-state index contributed by atoms with van der Waals surface area (Å²) in [6.45, 7) is 3.93. The van der Waals surface area contributed by atoms with Crippen LogP contribution in [0.1, 0.15) is 49.3 Å². The first kappa shape index (κ1) is 33.7. The second-order valence-corrected chi connectivity index (χ2v) is 13.8. The Bertz CT molecular complexity index is 1720. The lowest BCUT2D eigenvalue weighted by molar-refractivity contribution is -0.140. The maximum atomic E-state index is 14.7. The molecule has 0 aromatic heterocycles. The molecule has 5 rings (SSSR count). The van der Waals surface area contributed by atoms with Crippen molar-refractivity contribution in [1.29, 1.82) is 0 Å². The fourth-order valence-corrected chi connectivity index (χ4v) is 7.43. The van der Waals surface area contributed by atoms with Gasteiger partial charge in [-0.1, -0.05) is 85.6 Å². The highest BCUT2D eigenvalue weighted by Crippen LogP contribution is 2.27. The summed E-state index contributed by atoms with van der Waals surface area (Å²) in [7, 11) is -4.19. The van der Waals surface area contributed by atoms with Gasteiger partial charge in [-0.2, -0.15) is 0 Å². The zero-order valence-electron chi connectivity index (χ0n) is 27.0. The Kier molecular flexibility index (Phi) is 11.3. The predicted octanol–water partition coefficient (Wildman–Crippen LogP) is 6.29. The molecule has 0 spiro atoms. The van der Waals surface area contributed by atoms with Crippen LogP contribution in [0.15, 0.2) is 114 Å². The summed E-state index contributed by atoms with van der Waals surface area (Å²) in [6, 6.07) is 31.3. The third-order valence-corrected chi connectivity index (χ3v) is 10.4. The molecule has 1 fully saturated rings. The molecule has 4 aromatic carbocycles. The van der Waals surface area contributed by atoms with Gasteiger partial charge >= 0.3 is 0 Å². The minimum atomic E-state index is -4.19. The number of amides is 2. The van der Waals surface area contributed by atoms with Crippen LogP contribution in [0.3, 0.4) is 0 Å². The summed E-state index contributed by atoms with van der Waals surface area (Å²) < 4.78 is 35.1. The Morgan fingerprint density at radius 1 is 0.851 bits per heavy atom. The van der Waals surface area contributed by atoms with Crippen LogP contribution in [-0.2, 0) is 32.6 Å². The van der Waals surface area contributed by atoms with Gasteiger partial charge in [-0.3, -0.25) is 13.9 Å². The molecule has 8 nitrogen and oxygen atoms in total. The van der Waals surface area contributed by atoms with Crippen LogP contribution in [0, 0.1) is 6.92 Å². The van der Waals surface area contributed by atoms with Crippen LogP contribution in [0.25, 0.3) is 0 Å². The van der Waals surface area contributed by atoms with Gasteiger partial charge in [0.1, 0.15) is 18.3 Å². The Labute approximate surface area is 278 Å². The number of aryl methyl sites for hydroxylation is 1. The molecule has 2 amide bonds. The lowest BCUT2D eigenvalue weighted by atomic mass is 10.0. The van der Waals surface area contributed by atoms with Gasteiger partial charge in [-0.15, -0.1) is 0 Å². The van der Waals surface area contributed by atoms with Crippen molar-refractivity contribution >= 4 is 27.5 Å². The van der Waals surface area contributed by atoms with Crippen molar-refractivity contribution in [2.75, 3.05) is 17.5 Å². The number of benzene rings is 4. The van der Waals surface area contributed by atoms with E-state index in [4.69, 9.17) is 4.74 Å². The van der Waals surface area contributed by atoms with Gasteiger partial charge in [0.05, 0.1) is 17.2 Å². The molecule has 1 atom stereocenters. The van der Waals surface area contributed by atoms with E-state index in [-0.39, 0.29) is 29.8 Å². The number of sulfonamides is 1. The molecule has 0 heterocycles. The average molecular weight is 654 g/mol. The van der Waals surface area contributed by atoms with Crippen LogP contribution in [-0.4, -0.2) is 50.4 Å². The number of anilines is 1. The zero-order chi connectivity index (χ0) is 33.2. The summed E-state index contributed by atoms with van der Waals surface area (Å²) in [5, 5.41) is 3.22. The van der Waals surface area contributed by atoms with Crippen LogP contribution in [0.5, 0.6) is 5.75 Å². The number of hydrogen-bond donors (Lipinski definition) is 1. The first-order valence-corrected chi connectivity index (χ1v) is 17.7. The number of hydrogen-bond acceptors (Lipinski definition) is 5. The molecule has 47 heavy (non-hydrogen) atoms. The Hall–Kier alpha value is -4.63. The molecule has 0 bridgehead atoms. The van der Waals surface area contributed by atoms with Gasteiger partial charge in [0, 0.05) is 19.0 Å². The molecule has 9 heteroatoms. The van der Waals surface area contributed by atoms with Crippen LogP contribution >= 0.6 is 0 Å². The van der Waals surface area contributed by atoms with Crippen molar-refractivity contribution in [2.45, 2.75) is 69.5 Å². The van der Waals surface area contributed by atoms with E-state index in [0.717, 1.165) is 46.7 Å². The molecule has 1 saturated carbocycles. The Balaban J connectivity index is 1.54. The summed E-state index contributed by atoms with van der Waals surface area (Å²) >= 11 is 0. The standard InChI is InChI=1S/C38H43N3O5S/c1-3-46-34-22-24-35(25-23-34)47(44,45)41(33-20-8-5-9-21-33)28-37(42)40(27-31-17-11-10-14-29(31)2)36(26-30-15-6-4-7-16-30)38(43)39-32-18-12-13-19-32/h4-11,14-17,20-25,32,36H,3,12-13,18-19,26-28H2,1-2H3,(H,39,43). The second-order valence-electron chi connectivity index (χ2n) is 11.9. The number of ether oxygens (including phenoxy) is 1. The van der Waals surface area contributed by atoms with Crippen molar-refractivity contribution in [3.8, 4) is 5.75 Å². The van der Waals surface area contributed by atoms with E-state index in [2.05, 4.69) is 5.32 Å². The molecular weight excluding hydrogens is 611 g/mol. The molecule has 0 radical (unpaired) electrons. The maximum Gasteiger partial charge on any atom is 0.264 e. The summed E-state index contributed by atoms with van der Waals surface area (Å²) in [4.78, 5) is 30.4. The monoisotopic (exact) mass is 653 g/mol. The van der Waals surface area contributed by atoms with Gasteiger partial charge < -0.3 is 15.0 Å². The van der Waals surface area contributed by atoms with Crippen molar-refractivity contribution < 1.29 is 22.7 Å². The van der Waals surface area contributed by atoms with Gasteiger partial charge in [0.2, 0.25) is 11.8 Å². The van der Waals surface area contributed by atoms with E-state index in [1.165, 1.54) is 12.1 Å². The highest BCUT2D eigenvalue weighted by Gasteiger charge is 2.35. The quantitative estimate of drug-likeness (QED) is 0.173. The average Bonchev–Trinajstić information content (AvgIpc) is 3.60. The summed E-state index contributed by atoms with van der Waals surface area (Å²) in [5.74, 6) is -0.160. The van der Waals surface area contributed by atoms with Crippen molar-refractivity contribution in [3.05, 3.63) is 126 Å². The fourth-order valence-electron chi connectivity index (χ4n) is 6.02. The Morgan fingerprint density at radius 3 is 2.11 bits per heavy atom. The lowest BCUT2D eigenvalue weighted by Gasteiger charge is -2.34. The highest BCUT2D eigenvalue weighted by atomic mass is 32.2. The number of rotatable bonds is 14. The van der Waals surface area contributed by atoms with E-state index >= 15 is 0 Å². The number of carbonyl (C=O) groups is 2. The number of nitrogens with one attached hydrogen (secondary N) is 1. The smallest absolute Gasteiger partial charge is 0.264 e. The number of carbonyl (C=O) groups excluding carboxylic acids is 2. The molecule has 0 saturated heterocycles. The van der Waals surface area contributed by atoms with Crippen molar-refractivity contribution in [2.24, 2.45) is 0 Å². The topological polar surface area (TPSA) is 96.0 Å². The van der Waals surface area contributed by atoms with Crippen LogP contribution in [0.4, 0.5) is 5.69 Å². The third kappa shape index (κ3) is 8.60. The normalized spacial score (nSPS) is 13.9. The SMILES string of the molecule is CCOc1ccc(S(=O)(=O)N(CC(=O)N(Cc2ccccc2C)C(Cc2ccccc2)C(=O)NC2CCCC2)c2ccccc2)cc1. The van der Waals surface area contributed by atoms with Gasteiger partial charge in [-0.25, -0.2) is 8.42 Å². The molecule has 0 aliphatic heterocycles. The maximum absolute atomic E-state index is 14.7. The van der Waals surface area contributed by atoms with Crippen molar-refractivity contribution in [1.82, 2.24) is 10.2 Å². The highest BCUT2D eigenvalue weighted by molar-refractivity contribution is 7.92. The second kappa shape index (κ2) is 15.8. The van der Waals surface area contributed by atoms with Gasteiger partial charge in [0.15, 0.2) is 0 Å². The zero-order valence-corrected chi connectivity index (χ0v) is 27.9. The molecule has 1 aliphatic carbocycles. The van der Waals surface area contributed by atoms with Gasteiger partial charge in [-0.05, 0) is 79.8 Å². The fraction of sp³-hybridized carbons (Fsp3) is 0.316. The largest absolute Gasteiger partial charge is 0.494 e. The number of para-hydroxylation sites is 1. The first-order valence-electron chi connectivity index (χ1n) is 16.2. The van der Waals surface area contributed by atoms with E-state index < -0.39 is 28.5 Å². The van der Waals surface area contributed by atoms with E-state index in [0.29, 0.717) is 18.0 Å². The summed E-state index contributed by atoms with van der Waals surface area (Å²) in [6.07, 6.45) is 4.19. The molecule has 246 valence electrons. The molecule has 1 aliphatic rings. The van der Waals surface area contributed by atoms with Gasteiger partial charge in [0.25, 0.3) is 10.0 Å². The van der Waals surface area contributed by atoms with E-state index in [1.807, 2.05) is 68.4 Å². The lowest BCUT2D eigenvalue weighted by Crippen LogP contribution is -2.54. The van der Waals surface area contributed by atoms with Crippen molar-refractivity contribution in [3.63, 3.8) is 0 Å². The minimum absolute atomic E-state index is 0.0304. The molecule has 1 N–H and O–H groups in total. The molecule has 4 aromatic rings. The third-order valence-electron chi connectivity index (χ3n) is 8.62. The van der Waals surface area contributed by atoms with Crippen LogP contribution in [0.2, 0.25) is 0 Å². The predicted molar refractivity (Wildman–Crippen MR) is 185 cm³/mol. The van der Waals surface area contributed by atoms with E-state index in [1.54, 1.807) is 47.4 Å². The van der Waals surface area contributed by atoms with Crippen LogP contribution < -0.4 is 14.4 Å². The number of nitrogens with zero attached hydrogens (tertiary/aromatic N) is 2. The molecular formula is C38H43N3O5S. The van der Waals surface area contributed by atoms with E-state index in [9.17, 15) is 18.0 Å². The summed E-state index contributed by atoms with van der Waals surface area (Å²) in [5.41, 5.74) is 3.11. The first-order chi connectivity index (χ1) is 22.8. The minimum Gasteiger partial charge on any atom is -0.494 e. The molecule has 1 unspecified atom stereocenters. The Morgan fingerprint density at radius 2 is 1.47 bits per heavy atom.